The van der Waals surface area contributed by atoms with E-state index in [-0.39, 0.29) is 81.7 Å². The van der Waals surface area contributed by atoms with Gasteiger partial charge in [-0.05, 0) is 103 Å². The lowest BCUT2D eigenvalue weighted by Crippen LogP contribution is -2.52. The van der Waals surface area contributed by atoms with E-state index in [2.05, 4.69) is 46.4 Å². The number of hydrogen-bond donors (Lipinski definition) is 3. The normalized spacial score (nSPS) is 14.1. The Labute approximate surface area is 553 Å². The molecule has 1 heterocycles. The molecule has 1 rings (SSSR count). The predicted molar refractivity (Wildman–Crippen MR) is 362 cm³/mol. The molecule has 1 fully saturated rings. The van der Waals surface area contributed by atoms with E-state index in [1.165, 1.54) is 38.5 Å². The van der Waals surface area contributed by atoms with E-state index in [9.17, 15) is 44.1 Å². The van der Waals surface area contributed by atoms with Gasteiger partial charge < -0.3 is 43.7 Å². The average Bonchev–Trinajstić information content (AvgIpc) is 3.05. The number of esters is 6. The Balaban J connectivity index is 2.71. The highest BCUT2D eigenvalue weighted by Gasteiger charge is 2.29. The molecule has 1 saturated heterocycles. The van der Waals surface area contributed by atoms with Crippen LogP contribution in [0.1, 0.15) is 298 Å². The number of aliphatic hydroxyl groups excluding tert-OH is 3. The van der Waals surface area contributed by atoms with Crippen LogP contribution in [0.3, 0.4) is 0 Å². The Morgan fingerprint density at radius 1 is 0.308 bits per heavy atom. The minimum absolute atomic E-state index is 0.0391. The molecule has 0 spiro atoms. The maximum Gasteiger partial charge on any atom is 0.336 e. The lowest BCUT2D eigenvalue weighted by atomic mass is 9.94. The molecule has 18 nitrogen and oxygen atoms in total. The van der Waals surface area contributed by atoms with Crippen molar-refractivity contribution in [3.63, 3.8) is 0 Å². The van der Waals surface area contributed by atoms with E-state index < -0.39 is 36.2 Å². The van der Waals surface area contributed by atoms with Crippen molar-refractivity contribution < 1.29 is 72.5 Å². The second-order valence-corrected chi connectivity index (χ2v) is 26.2. The standard InChI is InChI=1S/C73H137N3O15/c1-7-13-19-29-41-62(42-30-20-14-8-2)68(80)86-53-35-25-27-37-55-89-72(84)66(78)60-76(61-67(79)73(85)90-56-38-28-26-36-54-87-69(81)63(43-31-21-15-9-3)44-32-22-16-10-4)52-49-74-47-50-75(51-48-74)59-65(77)71(83)91-58-40-39-57-88-70(82)64(45-33-23-17-11-5)46-34-24-18-12-6/h62-67,77-79H,7-61H2,1-6H3. The first-order valence-electron chi connectivity index (χ1n) is 37.5. The average molecular weight is 1300 g/mol. The lowest BCUT2D eigenvalue weighted by molar-refractivity contribution is -0.157. The molecule has 1 aliphatic heterocycles. The van der Waals surface area contributed by atoms with Gasteiger partial charge in [0.1, 0.15) is 0 Å². The van der Waals surface area contributed by atoms with Gasteiger partial charge in [-0.1, -0.05) is 196 Å². The number of aliphatic hydroxyl groups is 3. The summed E-state index contributed by atoms with van der Waals surface area (Å²) in [4.78, 5) is 83.8. The highest BCUT2D eigenvalue weighted by atomic mass is 16.6. The van der Waals surface area contributed by atoms with Crippen LogP contribution in [-0.4, -0.2) is 183 Å². The minimum Gasteiger partial charge on any atom is -0.465 e. The van der Waals surface area contributed by atoms with Gasteiger partial charge in [-0.15, -0.1) is 0 Å². The van der Waals surface area contributed by atoms with Crippen LogP contribution in [0, 0.1) is 17.8 Å². The second kappa shape index (κ2) is 60.3. The number of ether oxygens (including phenoxy) is 6. The van der Waals surface area contributed by atoms with Gasteiger partial charge in [-0.25, -0.2) is 14.4 Å². The Morgan fingerprint density at radius 3 is 0.813 bits per heavy atom. The lowest BCUT2D eigenvalue weighted by Gasteiger charge is -2.36. The van der Waals surface area contributed by atoms with Crippen LogP contribution in [0.15, 0.2) is 0 Å². The van der Waals surface area contributed by atoms with Gasteiger partial charge in [-0.3, -0.25) is 29.1 Å². The number of carbonyl (C=O) groups excluding carboxylic acids is 6. The van der Waals surface area contributed by atoms with E-state index in [4.69, 9.17) is 28.4 Å². The fraction of sp³-hybridized carbons (Fsp3) is 0.918. The zero-order valence-electron chi connectivity index (χ0n) is 58.9. The van der Waals surface area contributed by atoms with E-state index >= 15 is 0 Å². The summed E-state index contributed by atoms with van der Waals surface area (Å²) in [5, 5.41) is 33.0. The largest absolute Gasteiger partial charge is 0.465 e. The van der Waals surface area contributed by atoms with Crippen molar-refractivity contribution in [2.45, 2.75) is 317 Å². The van der Waals surface area contributed by atoms with Crippen LogP contribution < -0.4 is 0 Å². The molecule has 0 aromatic carbocycles. The molecular formula is C73H137N3O15. The van der Waals surface area contributed by atoms with Crippen molar-refractivity contribution in [3.05, 3.63) is 0 Å². The fourth-order valence-electron chi connectivity index (χ4n) is 11.7. The number of hydrogen-bond acceptors (Lipinski definition) is 18. The van der Waals surface area contributed by atoms with Gasteiger partial charge >= 0.3 is 35.8 Å². The third kappa shape index (κ3) is 47.2. The number of carbonyl (C=O) groups is 6. The van der Waals surface area contributed by atoms with Gasteiger partial charge in [0.25, 0.3) is 0 Å². The Bertz CT molecular complexity index is 1660. The number of nitrogens with zero attached hydrogens (tertiary/aromatic N) is 3. The number of piperazine rings is 1. The number of unbranched alkanes of at least 4 members (excludes halogenated alkanes) is 25. The van der Waals surface area contributed by atoms with E-state index in [0.29, 0.717) is 91.0 Å². The van der Waals surface area contributed by atoms with Crippen molar-refractivity contribution in [1.29, 1.82) is 0 Å². The summed E-state index contributed by atoms with van der Waals surface area (Å²) in [7, 11) is 0. The third-order valence-electron chi connectivity index (χ3n) is 17.8. The second-order valence-electron chi connectivity index (χ2n) is 26.2. The van der Waals surface area contributed by atoms with E-state index in [1.807, 2.05) is 4.90 Å². The maximum atomic E-state index is 13.1. The first-order chi connectivity index (χ1) is 44.2. The maximum absolute atomic E-state index is 13.1. The van der Waals surface area contributed by atoms with Gasteiger partial charge in [0, 0.05) is 58.9 Å². The highest BCUT2D eigenvalue weighted by Crippen LogP contribution is 2.24. The molecule has 0 aliphatic carbocycles. The molecule has 0 amide bonds. The topological polar surface area (TPSA) is 228 Å². The fourth-order valence-corrected chi connectivity index (χ4v) is 11.7. The predicted octanol–water partition coefficient (Wildman–Crippen LogP) is 13.8. The first kappa shape index (κ1) is 85.6. The summed E-state index contributed by atoms with van der Waals surface area (Å²) in [5.41, 5.74) is 0. The Kier molecular flexibility index (Phi) is 56.7. The summed E-state index contributed by atoms with van der Waals surface area (Å²) < 4.78 is 33.5. The van der Waals surface area contributed by atoms with Crippen molar-refractivity contribution in [2.24, 2.45) is 17.8 Å². The van der Waals surface area contributed by atoms with E-state index in [0.717, 1.165) is 180 Å². The molecule has 91 heavy (non-hydrogen) atoms. The SMILES string of the molecule is CCCCCCC(CCCCCC)C(=O)OCCCCCCOC(=O)C(O)CN(CCN1CCN(CC(O)C(=O)OCCCCOC(=O)C(CCCCCC)CCCCCC)CC1)CC(O)C(=O)OCCCCCCOC(=O)C(CCCCCC)CCCCCC. The molecule has 0 radical (unpaired) electrons. The summed E-state index contributed by atoms with van der Waals surface area (Å²) in [5.74, 6) is -2.73. The molecule has 3 unspecified atom stereocenters. The zero-order valence-corrected chi connectivity index (χ0v) is 58.9. The number of β-amino-alcohol motifs (C(OH)–C–C–N with tert-alkyl or cyclic N) is 1. The Morgan fingerprint density at radius 2 is 0.538 bits per heavy atom. The number of rotatable bonds is 64. The Hall–Kier alpha value is -3.42. The van der Waals surface area contributed by atoms with Crippen molar-refractivity contribution >= 4 is 35.8 Å². The highest BCUT2D eigenvalue weighted by molar-refractivity contribution is 5.76. The molecule has 0 aromatic rings. The molecule has 3 atom stereocenters. The van der Waals surface area contributed by atoms with Crippen LogP contribution in [0.5, 0.6) is 0 Å². The smallest absolute Gasteiger partial charge is 0.336 e. The summed E-state index contributed by atoms with van der Waals surface area (Å²) in [6, 6.07) is 0. The van der Waals surface area contributed by atoms with Crippen LogP contribution in [0.4, 0.5) is 0 Å². The quantitative estimate of drug-likeness (QED) is 0.0292. The molecule has 0 bridgehead atoms. The summed E-state index contributed by atoms with van der Waals surface area (Å²) in [6.45, 7) is 17.3. The van der Waals surface area contributed by atoms with E-state index in [1.54, 1.807) is 4.90 Å². The van der Waals surface area contributed by atoms with Gasteiger partial charge in [-0.2, -0.15) is 0 Å². The molecule has 18 heteroatoms. The third-order valence-corrected chi connectivity index (χ3v) is 17.8. The molecule has 3 N–H and O–H groups in total. The zero-order chi connectivity index (χ0) is 66.8. The van der Waals surface area contributed by atoms with Crippen molar-refractivity contribution in [1.82, 2.24) is 14.7 Å². The van der Waals surface area contributed by atoms with Gasteiger partial charge in [0.2, 0.25) is 0 Å². The van der Waals surface area contributed by atoms with Crippen LogP contribution in [0.2, 0.25) is 0 Å². The van der Waals surface area contributed by atoms with Crippen molar-refractivity contribution in [3.8, 4) is 0 Å². The minimum atomic E-state index is -1.54. The first-order valence-corrected chi connectivity index (χ1v) is 37.5. The molecule has 534 valence electrons. The molecule has 1 aliphatic rings. The van der Waals surface area contributed by atoms with Gasteiger partial charge in [0.15, 0.2) is 18.3 Å². The summed E-state index contributed by atoms with van der Waals surface area (Å²) >= 11 is 0. The monoisotopic (exact) mass is 1300 g/mol. The van der Waals surface area contributed by atoms with Crippen LogP contribution in [0.25, 0.3) is 0 Å². The van der Waals surface area contributed by atoms with Crippen molar-refractivity contribution in [2.75, 3.05) is 98.5 Å². The molecular weight excluding hydrogens is 1160 g/mol. The molecule has 0 saturated carbocycles. The summed E-state index contributed by atoms with van der Waals surface area (Å²) in [6.07, 6.45) is 34.7. The van der Waals surface area contributed by atoms with Crippen LogP contribution >= 0.6 is 0 Å². The van der Waals surface area contributed by atoms with Gasteiger partial charge in [0.05, 0.1) is 57.4 Å². The van der Waals surface area contributed by atoms with Crippen LogP contribution in [-0.2, 0) is 57.2 Å². The molecule has 0 aromatic heterocycles.